The van der Waals surface area contributed by atoms with Crippen molar-refractivity contribution in [1.82, 2.24) is 30.3 Å². The fourth-order valence-electron chi connectivity index (χ4n) is 3.04. The van der Waals surface area contributed by atoms with Crippen LogP contribution in [0.25, 0.3) is 0 Å². The zero-order valence-corrected chi connectivity index (χ0v) is 16.2. The molecule has 26 heavy (non-hydrogen) atoms. The molecule has 0 bridgehead atoms. The first-order valence-electron chi connectivity index (χ1n) is 8.98. The summed E-state index contributed by atoms with van der Waals surface area (Å²) in [6.45, 7) is 7.81. The Hall–Kier alpha value is -1.97. The normalized spacial score (nSPS) is 17.2. The lowest BCUT2D eigenvalue weighted by Crippen LogP contribution is -2.46. The Morgan fingerprint density at radius 1 is 1.38 bits per heavy atom. The van der Waals surface area contributed by atoms with E-state index in [-0.39, 0.29) is 0 Å². The third kappa shape index (κ3) is 4.80. The van der Waals surface area contributed by atoms with Crippen LogP contribution >= 0.6 is 11.3 Å². The number of aliphatic imine (C=N–C) groups is 1. The Morgan fingerprint density at radius 2 is 2.23 bits per heavy atom. The van der Waals surface area contributed by atoms with Crippen LogP contribution in [0.1, 0.15) is 23.7 Å². The van der Waals surface area contributed by atoms with E-state index in [1.54, 1.807) is 24.7 Å². The number of guanidine groups is 1. The maximum absolute atomic E-state index is 5.51. The van der Waals surface area contributed by atoms with Crippen molar-refractivity contribution in [3.05, 3.63) is 34.5 Å². The van der Waals surface area contributed by atoms with Crippen molar-refractivity contribution in [2.75, 3.05) is 39.9 Å². The number of rotatable bonds is 7. The second-order valence-corrected chi connectivity index (χ2v) is 7.00. The quantitative estimate of drug-likeness (QED) is 0.556. The van der Waals surface area contributed by atoms with E-state index in [0.29, 0.717) is 12.6 Å². The van der Waals surface area contributed by atoms with Gasteiger partial charge in [-0.05, 0) is 18.4 Å². The molecule has 0 spiro atoms. The van der Waals surface area contributed by atoms with Crippen LogP contribution in [0.4, 0.5) is 0 Å². The molecule has 2 aromatic heterocycles. The van der Waals surface area contributed by atoms with Gasteiger partial charge in [0.2, 0.25) is 0 Å². The van der Waals surface area contributed by atoms with Gasteiger partial charge in [0.05, 0.1) is 25.8 Å². The number of aromatic nitrogens is 3. The monoisotopic (exact) mass is 377 g/mol. The molecule has 1 aliphatic rings. The second-order valence-electron chi connectivity index (χ2n) is 6.02. The Labute approximate surface area is 158 Å². The molecular weight excluding hydrogens is 350 g/mol. The molecule has 0 amide bonds. The van der Waals surface area contributed by atoms with Crippen molar-refractivity contribution in [2.24, 2.45) is 4.99 Å². The van der Waals surface area contributed by atoms with Crippen LogP contribution in [0.3, 0.4) is 0 Å². The second kappa shape index (κ2) is 9.65. The van der Waals surface area contributed by atoms with Crippen molar-refractivity contribution in [2.45, 2.75) is 26.1 Å². The summed E-state index contributed by atoms with van der Waals surface area (Å²) in [7, 11) is 1.79. The van der Waals surface area contributed by atoms with Gasteiger partial charge < -0.3 is 19.9 Å². The number of ether oxygens (including phenoxy) is 1. The van der Waals surface area contributed by atoms with Crippen LogP contribution < -0.4 is 10.6 Å². The average Bonchev–Trinajstić information content (AvgIpc) is 3.37. The number of aryl methyl sites for hydroxylation is 1. The highest BCUT2D eigenvalue weighted by atomic mass is 32.1. The fraction of sp³-hybridized carbons (Fsp3) is 0.588. The third-order valence-corrected chi connectivity index (χ3v) is 5.47. The van der Waals surface area contributed by atoms with Crippen molar-refractivity contribution in [3.8, 4) is 0 Å². The molecule has 0 saturated carbocycles. The maximum Gasteiger partial charge on any atom is 0.191 e. The molecule has 1 unspecified atom stereocenters. The van der Waals surface area contributed by atoms with Crippen molar-refractivity contribution in [1.29, 1.82) is 0 Å². The minimum absolute atomic E-state index is 0.316. The minimum atomic E-state index is 0.316. The predicted molar refractivity (Wildman–Crippen MR) is 103 cm³/mol. The van der Waals surface area contributed by atoms with Gasteiger partial charge in [0, 0.05) is 38.1 Å². The largest absolute Gasteiger partial charge is 0.379 e. The molecule has 9 heteroatoms. The molecule has 8 nitrogen and oxygen atoms in total. The summed E-state index contributed by atoms with van der Waals surface area (Å²) in [6, 6.07) is 4.63. The predicted octanol–water partition coefficient (Wildman–Crippen LogP) is 1.10. The van der Waals surface area contributed by atoms with E-state index in [1.807, 2.05) is 4.57 Å². The molecule has 0 radical (unpaired) electrons. The molecule has 1 atom stereocenters. The Kier molecular flexibility index (Phi) is 6.98. The lowest BCUT2D eigenvalue weighted by atomic mass is 10.2. The summed E-state index contributed by atoms with van der Waals surface area (Å²) in [4.78, 5) is 8.18. The number of morpholine rings is 1. The van der Waals surface area contributed by atoms with Gasteiger partial charge in [0.25, 0.3) is 0 Å². The number of nitrogens with one attached hydrogen (secondary N) is 2. The number of hydrogen-bond acceptors (Lipinski definition) is 6. The topological polar surface area (TPSA) is 79.6 Å². The van der Waals surface area contributed by atoms with Gasteiger partial charge in [-0.25, -0.2) is 0 Å². The maximum atomic E-state index is 5.51. The molecule has 1 aliphatic heterocycles. The Balaban J connectivity index is 1.58. The molecule has 0 aliphatic carbocycles. The highest BCUT2D eigenvalue weighted by Gasteiger charge is 2.23. The van der Waals surface area contributed by atoms with Gasteiger partial charge >= 0.3 is 0 Å². The molecule has 2 N–H and O–H groups in total. The molecule has 3 rings (SSSR count). The summed E-state index contributed by atoms with van der Waals surface area (Å²) in [5, 5.41) is 17.0. The van der Waals surface area contributed by atoms with Gasteiger partial charge in [-0.2, -0.15) is 0 Å². The van der Waals surface area contributed by atoms with E-state index in [4.69, 9.17) is 4.74 Å². The number of thiophene rings is 1. The Morgan fingerprint density at radius 3 is 2.92 bits per heavy atom. The molecule has 2 aromatic rings. The lowest BCUT2D eigenvalue weighted by Gasteiger charge is -2.34. The standard InChI is InChI=1S/C17H27N7OS/c1-3-23-13-21-22-16(23)12-20-17(18-2)19-11-14(15-5-4-10-26-15)24-6-8-25-9-7-24/h4-5,10,13-14H,3,6-9,11-12H2,1-2H3,(H2,18,19,20). The van der Waals surface area contributed by atoms with E-state index < -0.39 is 0 Å². The number of nitrogens with zero attached hydrogens (tertiary/aromatic N) is 5. The highest BCUT2D eigenvalue weighted by molar-refractivity contribution is 7.10. The van der Waals surface area contributed by atoms with E-state index >= 15 is 0 Å². The SMILES string of the molecule is CCn1cnnc1CNC(=NC)NCC(c1cccs1)N1CCOCC1. The highest BCUT2D eigenvalue weighted by Crippen LogP contribution is 2.25. The van der Waals surface area contributed by atoms with Crippen LogP contribution in [-0.2, 0) is 17.8 Å². The third-order valence-electron chi connectivity index (χ3n) is 4.49. The van der Waals surface area contributed by atoms with Crippen molar-refractivity contribution >= 4 is 17.3 Å². The molecule has 1 saturated heterocycles. The zero-order valence-electron chi connectivity index (χ0n) is 15.4. The van der Waals surface area contributed by atoms with Crippen LogP contribution in [-0.4, -0.2) is 65.5 Å². The molecule has 0 aromatic carbocycles. The van der Waals surface area contributed by atoms with Crippen LogP contribution in [0.5, 0.6) is 0 Å². The van der Waals surface area contributed by atoms with Crippen LogP contribution in [0, 0.1) is 0 Å². The summed E-state index contributed by atoms with van der Waals surface area (Å²) < 4.78 is 7.52. The lowest BCUT2D eigenvalue weighted by molar-refractivity contribution is 0.0177. The number of hydrogen-bond donors (Lipinski definition) is 2. The fourth-order valence-corrected chi connectivity index (χ4v) is 3.90. The van der Waals surface area contributed by atoms with Crippen LogP contribution in [0.15, 0.2) is 28.8 Å². The Bertz CT molecular complexity index is 679. The van der Waals surface area contributed by atoms with Gasteiger partial charge in [-0.1, -0.05) is 6.07 Å². The minimum Gasteiger partial charge on any atom is -0.379 e. The summed E-state index contributed by atoms with van der Waals surface area (Å²) in [5.74, 6) is 1.67. The summed E-state index contributed by atoms with van der Waals surface area (Å²) in [6.07, 6.45) is 1.75. The van der Waals surface area contributed by atoms with Gasteiger partial charge in [-0.15, -0.1) is 21.5 Å². The molecular formula is C17H27N7OS. The van der Waals surface area contributed by atoms with Crippen molar-refractivity contribution < 1.29 is 4.74 Å². The first kappa shape index (κ1) is 18.8. The van der Waals surface area contributed by atoms with Gasteiger partial charge in [0.1, 0.15) is 6.33 Å². The van der Waals surface area contributed by atoms with E-state index in [0.717, 1.165) is 51.2 Å². The zero-order chi connectivity index (χ0) is 18.2. The molecule has 142 valence electrons. The van der Waals surface area contributed by atoms with E-state index in [2.05, 4.69) is 55.2 Å². The smallest absolute Gasteiger partial charge is 0.191 e. The van der Waals surface area contributed by atoms with Gasteiger partial charge in [0.15, 0.2) is 11.8 Å². The molecule has 3 heterocycles. The first-order valence-corrected chi connectivity index (χ1v) is 9.86. The first-order chi connectivity index (χ1) is 12.8. The van der Waals surface area contributed by atoms with E-state index in [1.165, 1.54) is 4.88 Å². The van der Waals surface area contributed by atoms with Crippen molar-refractivity contribution in [3.63, 3.8) is 0 Å². The van der Waals surface area contributed by atoms with Crippen LogP contribution in [0.2, 0.25) is 0 Å². The summed E-state index contributed by atoms with van der Waals surface area (Å²) in [5.41, 5.74) is 0. The summed E-state index contributed by atoms with van der Waals surface area (Å²) >= 11 is 1.80. The average molecular weight is 378 g/mol. The molecule has 1 fully saturated rings. The van der Waals surface area contributed by atoms with E-state index in [9.17, 15) is 0 Å². The van der Waals surface area contributed by atoms with Gasteiger partial charge in [-0.3, -0.25) is 9.89 Å².